The number of rotatable bonds is 11. The van der Waals surface area contributed by atoms with E-state index in [0.717, 1.165) is 30.2 Å². The molecule has 0 saturated carbocycles. The predicted molar refractivity (Wildman–Crippen MR) is 140 cm³/mol. The van der Waals surface area contributed by atoms with Gasteiger partial charge in [0.25, 0.3) is 0 Å². The molecule has 2 aromatic carbocycles. The molecule has 1 heterocycles. The molecule has 0 aromatic heterocycles. The molecule has 0 unspecified atom stereocenters. The van der Waals surface area contributed by atoms with Crippen molar-refractivity contribution < 1.29 is 26.4 Å². The summed E-state index contributed by atoms with van der Waals surface area (Å²) in [4.78, 5) is 13.2. The Bertz CT molecular complexity index is 1250. The summed E-state index contributed by atoms with van der Waals surface area (Å²) in [7, 11) is -7.20. The summed E-state index contributed by atoms with van der Waals surface area (Å²) in [5, 5.41) is 2.76. The molecule has 0 radical (unpaired) electrons. The van der Waals surface area contributed by atoms with Crippen molar-refractivity contribution >= 4 is 31.6 Å². The summed E-state index contributed by atoms with van der Waals surface area (Å²) in [6.45, 7) is 6.90. The molecule has 3 rings (SSSR count). The molecule has 198 valence electrons. The standard InChI is InChI=1S/C25H35N3O6S2/c1-5-24(28(35(4,30)31)21-17-19(2)16-20(3)18-21)25(29)26-12-15-34-22-8-10-23(11-9-22)36(32,33)27-13-6-7-14-27/h8-11,16-18,24H,5-7,12-15H2,1-4H3,(H,26,29)/t24-/m1/s1. The lowest BCUT2D eigenvalue weighted by atomic mass is 10.1. The zero-order valence-electron chi connectivity index (χ0n) is 21.2. The number of aryl methyl sites for hydroxylation is 2. The van der Waals surface area contributed by atoms with Gasteiger partial charge >= 0.3 is 0 Å². The Balaban J connectivity index is 1.60. The summed E-state index contributed by atoms with van der Waals surface area (Å²) in [6.07, 6.45) is 3.13. The molecule has 9 nitrogen and oxygen atoms in total. The van der Waals surface area contributed by atoms with Crippen molar-refractivity contribution in [2.45, 2.75) is 51.0 Å². The van der Waals surface area contributed by atoms with Crippen molar-refractivity contribution in [3.8, 4) is 5.75 Å². The maximum Gasteiger partial charge on any atom is 0.244 e. The maximum atomic E-state index is 13.0. The number of nitrogens with one attached hydrogen (secondary N) is 1. The first kappa shape index (κ1) is 27.9. The first-order valence-electron chi connectivity index (χ1n) is 12.0. The van der Waals surface area contributed by atoms with Gasteiger partial charge in [-0.05, 0) is 80.6 Å². The van der Waals surface area contributed by atoms with E-state index in [2.05, 4.69) is 5.32 Å². The molecular formula is C25H35N3O6S2. The predicted octanol–water partition coefficient (Wildman–Crippen LogP) is 2.83. The number of sulfonamides is 2. The van der Waals surface area contributed by atoms with Crippen molar-refractivity contribution in [2.75, 3.05) is 36.8 Å². The van der Waals surface area contributed by atoms with Crippen LogP contribution in [-0.2, 0) is 24.8 Å². The monoisotopic (exact) mass is 537 g/mol. The van der Waals surface area contributed by atoms with Gasteiger partial charge < -0.3 is 10.1 Å². The number of anilines is 1. The topological polar surface area (TPSA) is 113 Å². The molecule has 1 N–H and O–H groups in total. The number of carbonyl (C=O) groups excluding carboxylic acids is 1. The summed E-state index contributed by atoms with van der Waals surface area (Å²) in [5.74, 6) is 0.0578. The molecular weight excluding hydrogens is 502 g/mol. The van der Waals surface area contributed by atoms with E-state index in [1.165, 1.54) is 20.7 Å². The van der Waals surface area contributed by atoms with Crippen molar-refractivity contribution in [1.82, 2.24) is 9.62 Å². The summed E-state index contributed by atoms with van der Waals surface area (Å²) < 4.78 is 58.8. The number of hydrogen-bond acceptors (Lipinski definition) is 6. The lowest BCUT2D eigenvalue weighted by Gasteiger charge is -2.30. The lowest BCUT2D eigenvalue weighted by Crippen LogP contribution is -2.50. The molecule has 2 aromatic rings. The number of nitrogens with zero attached hydrogens (tertiary/aromatic N) is 2. The van der Waals surface area contributed by atoms with Crippen LogP contribution < -0.4 is 14.4 Å². The number of ether oxygens (including phenoxy) is 1. The molecule has 1 aliphatic heterocycles. The normalized spacial score (nSPS) is 15.4. The molecule has 1 amide bonds. The molecule has 1 fully saturated rings. The van der Waals surface area contributed by atoms with Gasteiger partial charge in [-0.1, -0.05) is 13.0 Å². The van der Waals surface area contributed by atoms with Gasteiger partial charge in [0.05, 0.1) is 23.4 Å². The average molecular weight is 538 g/mol. The fraction of sp³-hybridized carbons (Fsp3) is 0.480. The van der Waals surface area contributed by atoms with Crippen LogP contribution in [0.2, 0.25) is 0 Å². The van der Waals surface area contributed by atoms with Crippen molar-refractivity contribution in [3.63, 3.8) is 0 Å². The van der Waals surface area contributed by atoms with Gasteiger partial charge in [0.15, 0.2) is 0 Å². The van der Waals surface area contributed by atoms with E-state index in [1.54, 1.807) is 31.2 Å². The molecule has 0 spiro atoms. The van der Waals surface area contributed by atoms with E-state index in [-0.39, 0.29) is 18.0 Å². The minimum absolute atomic E-state index is 0.142. The lowest BCUT2D eigenvalue weighted by molar-refractivity contribution is -0.122. The van der Waals surface area contributed by atoms with Crippen LogP contribution >= 0.6 is 0 Å². The minimum Gasteiger partial charge on any atom is -0.492 e. The Labute approximate surface area is 214 Å². The van der Waals surface area contributed by atoms with Crippen LogP contribution in [0.3, 0.4) is 0 Å². The third-order valence-corrected chi connectivity index (χ3v) is 9.08. The van der Waals surface area contributed by atoms with Crippen LogP contribution in [-0.4, -0.2) is 65.6 Å². The molecule has 0 aliphatic carbocycles. The zero-order chi connectivity index (χ0) is 26.5. The van der Waals surface area contributed by atoms with E-state index in [1.807, 2.05) is 19.9 Å². The maximum absolute atomic E-state index is 13.0. The average Bonchev–Trinajstić information content (AvgIpc) is 3.35. The van der Waals surface area contributed by atoms with E-state index < -0.39 is 32.0 Å². The smallest absolute Gasteiger partial charge is 0.244 e. The zero-order valence-corrected chi connectivity index (χ0v) is 22.9. The summed E-state index contributed by atoms with van der Waals surface area (Å²) in [6, 6.07) is 10.7. The fourth-order valence-corrected chi connectivity index (χ4v) is 7.10. The van der Waals surface area contributed by atoms with E-state index >= 15 is 0 Å². The van der Waals surface area contributed by atoms with Gasteiger partial charge in [0.1, 0.15) is 18.4 Å². The molecule has 1 aliphatic rings. The molecule has 1 atom stereocenters. The summed E-state index contributed by atoms with van der Waals surface area (Å²) >= 11 is 0. The highest BCUT2D eigenvalue weighted by molar-refractivity contribution is 7.92. The van der Waals surface area contributed by atoms with Crippen LogP contribution in [0.1, 0.15) is 37.3 Å². The number of carbonyl (C=O) groups is 1. The van der Waals surface area contributed by atoms with Crippen LogP contribution in [0.4, 0.5) is 5.69 Å². The van der Waals surface area contributed by atoms with Gasteiger partial charge in [-0.25, -0.2) is 16.8 Å². The van der Waals surface area contributed by atoms with Crippen LogP contribution in [0, 0.1) is 13.8 Å². The molecule has 36 heavy (non-hydrogen) atoms. The van der Waals surface area contributed by atoms with Gasteiger partial charge in [-0.3, -0.25) is 9.10 Å². The molecule has 1 saturated heterocycles. The van der Waals surface area contributed by atoms with Crippen molar-refractivity contribution in [3.05, 3.63) is 53.6 Å². The van der Waals surface area contributed by atoms with E-state index in [9.17, 15) is 21.6 Å². The Kier molecular flexibility index (Phi) is 9.02. The Morgan fingerprint density at radius 1 is 1.03 bits per heavy atom. The SMILES string of the molecule is CC[C@H](C(=O)NCCOc1ccc(S(=O)(=O)N2CCCC2)cc1)N(c1cc(C)cc(C)c1)S(C)(=O)=O. The second-order valence-corrected chi connectivity index (χ2v) is 12.8. The summed E-state index contributed by atoms with van der Waals surface area (Å²) in [5.41, 5.74) is 2.26. The highest BCUT2D eigenvalue weighted by atomic mass is 32.2. The van der Waals surface area contributed by atoms with E-state index in [4.69, 9.17) is 4.74 Å². The van der Waals surface area contributed by atoms with Crippen LogP contribution in [0.5, 0.6) is 5.75 Å². The second kappa shape index (κ2) is 11.6. The largest absolute Gasteiger partial charge is 0.492 e. The van der Waals surface area contributed by atoms with Crippen LogP contribution in [0.15, 0.2) is 47.4 Å². The number of amides is 1. The van der Waals surface area contributed by atoms with Crippen LogP contribution in [0.25, 0.3) is 0 Å². The van der Waals surface area contributed by atoms with Gasteiger partial charge in [0, 0.05) is 13.1 Å². The van der Waals surface area contributed by atoms with Gasteiger partial charge in [0.2, 0.25) is 26.0 Å². The number of benzene rings is 2. The highest BCUT2D eigenvalue weighted by Gasteiger charge is 2.31. The first-order chi connectivity index (χ1) is 16.9. The third-order valence-electron chi connectivity index (χ3n) is 5.99. The molecule has 11 heteroatoms. The van der Waals surface area contributed by atoms with Gasteiger partial charge in [-0.15, -0.1) is 0 Å². The Morgan fingerprint density at radius 3 is 2.14 bits per heavy atom. The minimum atomic E-state index is -3.72. The van der Waals surface area contributed by atoms with Crippen molar-refractivity contribution in [2.24, 2.45) is 0 Å². The Hall–Kier alpha value is -2.63. The first-order valence-corrected chi connectivity index (χ1v) is 15.3. The third kappa shape index (κ3) is 6.77. The second-order valence-electron chi connectivity index (χ2n) is 9.05. The van der Waals surface area contributed by atoms with Crippen molar-refractivity contribution in [1.29, 1.82) is 0 Å². The molecule has 0 bridgehead atoms. The Morgan fingerprint density at radius 2 is 1.61 bits per heavy atom. The van der Waals surface area contributed by atoms with E-state index in [0.29, 0.717) is 30.9 Å². The number of hydrogen-bond donors (Lipinski definition) is 1. The quantitative estimate of drug-likeness (QED) is 0.441. The fourth-order valence-electron chi connectivity index (χ4n) is 4.38. The highest BCUT2D eigenvalue weighted by Crippen LogP contribution is 2.25. The van der Waals surface area contributed by atoms with Gasteiger partial charge in [-0.2, -0.15) is 4.31 Å².